The zero-order chi connectivity index (χ0) is 18.0. The van der Waals surface area contributed by atoms with Crippen molar-refractivity contribution in [3.63, 3.8) is 0 Å². The van der Waals surface area contributed by atoms with E-state index in [1.54, 1.807) is 13.1 Å². The number of hydroxylamine groups is 2. The summed E-state index contributed by atoms with van der Waals surface area (Å²) in [6.45, 7) is 2.24. The molecular formula is C19H24N2O4. The molecule has 1 aromatic carbocycles. The molecule has 0 bridgehead atoms. The van der Waals surface area contributed by atoms with Crippen molar-refractivity contribution >= 4 is 18.1 Å². The second kappa shape index (κ2) is 7.35. The zero-order valence-electron chi connectivity index (χ0n) is 14.7. The Balaban J connectivity index is 1.84. The average Bonchev–Trinajstić information content (AvgIpc) is 3.01. The number of benzene rings is 1. The van der Waals surface area contributed by atoms with Crippen LogP contribution in [0.2, 0.25) is 0 Å². The third-order valence-electron chi connectivity index (χ3n) is 5.22. The Bertz CT molecular complexity index is 688. The van der Waals surface area contributed by atoms with Gasteiger partial charge in [-0.2, -0.15) is 0 Å². The number of para-hydroxylation sites is 1. The summed E-state index contributed by atoms with van der Waals surface area (Å²) in [5.41, 5.74) is 1.50. The van der Waals surface area contributed by atoms with E-state index in [0.717, 1.165) is 24.7 Å². The van der Waals surface area contributed by atoms with Gasteiger partial charge in [-0.15, -0.1) is 5.06 Å². The van der Waals surface area contributed by atoms with E-state index >= 15 is 0 Å². The topological polar surface area (TPSA) is 75.7 Å². The van der Waals surface area contributed by atoms with Crippen LogP contribution in [0.4, 0.5) is 0 Å². The number of carbonyl (C=O) groups excluding carboxylic acids is 3. The summed E-state index contributed by atoms with van der Waals surface area (Å²) in [5.74, 6) is 0.927. The number of imide groups is 1. The molecule has 2 amide bonds. The smallest absolute Gasteiger partial charge is 0.247 e. The Kier molecular flexibility index (Phi) is 5.18. The molecule has 2 aliphatic rings. The standard InChI is InChI=1S/C19H24N2O4/c1-12-6-7-13(10-12)15-5-3-4-14(11-22)18(15)25-21(2)16-8-9-17(23)20-19(16)24/h3-5,11-13,16H,6-10H2,1-2H3,(H,20,23,24). The van der Waals surface area contributed by atoms with Crippen LogP contribution in [-0.2, 0) is 9.59 Å². The number of hydrogen-bond donors (Lipinski definition) is 1. The molecule has 0 radical (unpaired) electrons. The summed E-state index contributed by atoms with van der Waals surface area (Å²) in [6, 6.07) is 5.06. The summed E-state index contributed by atoms with van der Waals surface area (Å²) in [4.78, 5) is 40.9. The van der Waals surface area contributed by atoms with Gasteiger partial charge in [-0.1, -0.05) is 25.5 Å². The highest BCUT2D eigenvalue weighted by Gasteiger charge is 2.33. The summed E-state index contributed by atoms with van der Waals surface area (Å²) >= 11 is 0. The average molecular weight is 344 g/mol. The number of nitrogens with one attached hydrogen (secondary N) is 1. The first kappa shape index (κ1) is 17.6. The molecule has 6 nitrogen and oxygen atoms in total. The van der Waals surface area contributed by atoms with Gasteiger partial charge in [-0.3, -0.25) is 19.7 Å². The predicted octanol–water partition coefficient (Wildman–Crippen LogP) is 2.43. The van der Waals surface area contributed by atoms with Crippen molar-refractivity contribution in [2.45, 2.75) is 51.0 Å². The van der Waals surface area contributed by atoms with Crippen LogP contribution < -0.4 is 10.2 Å². The molecule has 6 heteroatoms. The largest absolute Gasteiger partial charge is 0.404 e. The molecule has 2 fully saturated rings. The Morgan fingerprint density at radius 3 is 2.68 bits per heavy atom. The van der Waals surface area contributed by atoms with Crippen molar-refractivity contribution in [1.82, 2.24) is 10.4 Å². The number of nitrogens with zero attached hydrogens (tertiary/aromatic N) is 1. The van der Waals surface area contributed by atoms with Gasteiger partial charge in [-0.25, -0.2) is 0 Å². The third-order valence-corrected chi connectivity index (χ3v) is 5.22. The molecule has 1 aliphatic carbocycles. The Hall–Kier alpha value is -2.21. The van der Waals surface area contributed by atoms with Crippen LogP contribution in [0.3, 0.4) is 0 Å². The number of piperidine rings is 1. The number of likely N-dealkylation sites (N-methyl/N-ethyl adjacent to an activating group) is 1. The van der Waals surface area contributed by atoms with Crippen LogP contribution in [-0.4, -0.2) is 36.3 Å². The van der Waals surface area contributed by atoms with Crippen LogP contribution >= 0.6 is 0 Å². The van der Waals surface area contributed by atoms with Crippen LogP contribution in [0.25, 0.3) is 0 Å². The molecule has 1 saturated carbocycles. The van der Waals surface area contributed by atoms with Crippen molar-refractivity contribution in [2.75, 3.05) is 7.05 Å². The van der Waals surface area contributed by atoms with E-state index in [9.17, 15) is 14.4 Å². The van der Waals surface area contributed by atoms with Gasteiger partial charge in [0, 0.05) is 19.0 Å². The predicted molar refractivity (Wildman–Crippen MR) is 92.1 cm³/mol. The van der Waals surface area contributed by atoms with Crippen molar-refractivity contribution in [3.8, 4) is 5.75 Å². The second-order valence-corrected chi connectivity index (χ2v) is 7.10. The molecular weight excluding hydrogens is 320 g/mol. The van der Waals surface area contributed by atoms with Crippen LogP contribution in [0.5, 0.6) is 5.75 Å². The first-order valence-electron chi connectivity index (χ1n) is 8.82. The van der Waals surface area contributed by atoms with Gasteiger partial charge in [0.25, 0.3) is 0 Å². The Labute approximate surface area is 147 Å². The molecule has 1 saturated heterocycles. The second-order valence-electron chi connectivity index (χ2n) is 7.10. The van der Waals surface area contributed by atoms with E-state index in [-0.39, 0.29) is 18.2 Å². The maximum absolute atomic E-state index is 12.1. The van der Waals surface area contributed by atoms with Gasteiger partial charge >= 0.3 is 0 Å². The molecule has 3 atom stereocenters. The summed E-state index contributed by atoms with van der Waals surface area (Å²) < 4.78 is 0. The maximum atomic E-state index is 12.1. The lowest BCUT2D eigenvalue weighted by molar-refractivity contribution is -0.148. The number of rotatable bonds is 5. The van der Waals surface area contributed by atoms with Gasteiger partial charge in [0.1, 0.15) is 6.04 Å². The van der Waals surface area contributed by atoms with Gasteiger partial charge in [-0.05, 0) is 37.2 Å². The van der Waals surface area contributed by atoms with Crippen molar-refractivity contribution < 1.29 is 19.2 Å². The quantitative estimate of drug-likeness (QED) is 0.504. The molecule has 1 N–H and O–H groups in total. The highest BCUT2D eigenvalue weighted by atomic mass is 16.7. The number of carbonyl (C=O) groups is 3. The molecule has 1 heterocycles. The van der Waals surface area contributed by atoms with Gasteiger partial charge < -0.3 is 4.84 Å². The monoisotopic (exact) mass is 344 g/mol. The maximum Gasteiger partial charge on any atom is 0.247 e. The van der Waals surface area contributed by atoms with Crippen molar-refractivity contribution in [2.24, 2.45) is 5.92 Å². The minimum absolute atomic E-state index is 0.261. The van der Waals surface area contributed by atoms with Crippen LogP contribution in [0.15, 0.2) is 18.2 Å². The fraction of sp³-hybridized carbons (Fsp3) is 0.526. The Morgan fingerprint density at radius 2 is 2.04 bits per heavy atom. The number of hydrogen-bond acceptors (Lipinski definition) is 5. The van der Waals surface area contributed by atoms with Gasteiger partial charge in [0.15, 0.2) is 12.0 Å². The van der Waals surface area contributed by atoms with Crippen molar-refractivity contribution in [3.05, 3.63) is 29.3 Å². The SMILES string of the molecule is CC1CCC(c2cccc(C=O)c2ON(C)C2CCC(=O)NC2=O)C1. The third kappa shape index (κ3) is 3.74. The molecule has 1 aromatic rings. The first-order chi connectivity index (χ1) is 12.0. The zero-order valence-corrected chi connectivity index (χ0v) is 14.7. The van der Waals surface area contributed by atoms with Gasteiger partial charge in [0.2, 0.25) is 11.8 Å². The summed E-state index contributed by atoms with van der Waals surface area (Å²) in [7, 11) is 1.67. The fourth-order valence-electron chi connectivity index (χ4n) is 3.82. The normalized spacial score (nSPS) is 26.6. The Morgan fingerprint density at radius 1 is 1.24 bits per heavy atom. The highest BCUT2D eigenvalue weighted by Crippen LogP contribution is 2.42. The summed E-state index contributed by atoms with van der Waals surface area (Å²) in [6.07, 6.45) is 4.78. The van der Waals surface area contributed by atoms with E-state index < -0.39 is 6.04 Å². The number of amides is 2. The van der Waals surface area contributed by atoms with E-state index in [1.165, 1.54) is 11.5 Å². The van der Waals surface area contributed by atoms with Gasteiger partial charge in [0.05, 0.1) is 5.56 Å². The number of aldehydes is 1. The fourth-order valence-corrected chi connectivity index (χ4v) is 3.82. The minimum Gasteiger partial charge on any atom is -0.404 e. The lowest BCUT2D eigenvalue weighted by atomic mass is 9.94. The minimum atomic E-state index is -0.548. The molecule has 25 heavy (non-hydrogen) atoms. The highest BCUT2D eigenvalue weighted by molar-refractivity contribution is 6.00. The molecule has 3 rings (SSSR count). The lowest BCUT2D eigenvalue weighted by Crippen LogP contribution is -2.52. The van der Waals surface area contributed by atoms with E-state index in [4.69, 9.17) is 4.84 Å². The van der Waals surface area contributed by atoms with E-state index in [2.05, 4.69) is 12.2 Å². The van der Waals surface area contributed by atoms with Crippen LogP contribution in [0.1, 0.15) is 60.9 Å². The van der Waals surface area contributed by atoms with E-state index in [0.29, 0.717) is 29.6 Å². The molecule has 134 valence electrons. The lowest BCUT2D eigenvalue weighted by Gasteiger charge is -2.30. The molecule has 1 aliphatic heterocycles. The molecule has 0 spiro atoms. The first-order valence-corrected chi connectivity index (χ1v) is 8.82. The summed E-state index contributed by atoms with van der Waals surface area (Å²) in [5, 5.41) is 3.80. The molecule has 0 aromatic heterocycles. The van der Waals surface area contributed by atoms with Crippen molar-refractivity contribution in [1.29, 1.82) is 0 Å². The van der Waals surface area contributed by atoms with Crippen LogP contribution in [0, 0.1) is 5.92 Å². The van der Waals surface area contributed by atoms with E-state index in [1.807, 2.05) is 12.1 Å². The molecule has 3 unspecified atom stereocenters.